The molecule has 0 aromatic carbocycles. The summed E-state index contributed by atoms with van der Waals surface area (Å²) in [6.07, 6.45) is 5.04. The van der Waals surface area contributed by atoms with Crippen LogP contribution in [-0.4, -0.2) is 36.8 Å². The minimum atomic E-state index is 0.520. The maximum atomic E-state index is 6.24. The van der Waals surface area contributed by atoms with Crippen LogP contribution in [0.3, 0.4) is 0 Å². The van der Waals surface area contributed by atoms with Crippen molar-refractivity contribution in [1.29, 1.82) is 0 Å². The van der Waals surface area contributed by atoms with Gasteiger partial charge in [-0.25, -0.2) is 9.97 Å². The lowest BCUT2D eigenvalue weighted by Crippen LogP contribution is -2.25. The second-order valence-electron chi connectivity index (χ2n) is 6.04. The van der Waals surface area contributed by atoms with Gasteiger partial charge in [-0.3, -0.25) is 0 Å². The Morgan fingerprint density at radius 2 is 2.00 bits per heavy atom. The number of anilines is 1. The zero-order valence-corrected chi connectivity index (χ0v) is 13.0. The molecule has 2 aliphatic rings. The maximum absolute atomic E-state index is 6.24. The van der Waals surface area contributed by atoms with Crippen molar-refractivity contribution in [2.45, 2.75) is 38.5 Å². The molecule has 0 unspecified atom stereocenters. The number of hydrogen-bond acceptors (Lipinski definition) is 4. The van der Waals surface area contributed by atoms with Crippen molar-refractivity contribution < 1.29 is 4.74 Å². The summed E-state index contributed by atoms with van der Waals surface area (Å²) in [5, 5.41) is 0.586. The molecule has 0 spiro atoms. The van der Waals surface area contributed by atoms with Gasteiger partial charge in [0.05, 0.1) is 6.61 Å². The van der Waals surface area contributed by atoms with Crippen LogP contribution in [0.5, 0.6) is 0 Å². The fraction of sp³-hybridized carbons (Fsp3) is 0.733. The first-order valence-electron chi connectivity index (χ1n) is 7.48. The van der Waals surface area contributed by atoms with Gasteiger partial charge < -0.3 is 9.64 Å². The van der Waals surface area contributed by atoms with Gasteiger partial charge in [-0.05, 0) is 38.5 Å². The third-order valence-corrected chi connectivity index (χ3v) is 4.37. The number of hydrogen-bond donors (Lipinski definition) is 0. The molecule has 110 valence electrons. The van der Waals surface area contributed by atoms with Crippen LogP contribution in [0.25, 0.3) is 0 Å². The molecular weight excluding hydrogens is 274 g/mol. The van der Waals surface area contributed by atoms with E-state index in [0.717, 1.165) is 42.9 Å². The highest BCUT2D eigenvalue weighted by atomic mass is 35.5. The average molecular weight is 296 g/mol. The van der Waals surface area contributed by atoms with Gasteiger partial charge in [-0.1, -0.05) is 11.6 Å². The first kappa shape index (κ1) is 14.1. The third-order valence-electron chi connectivity index (χ3n) is 4.00. The van der Waals surface area contributed by atoms with E-state index in [1.807, 2.05) is 14.0 Å². The van der Waals surface area contributed by atoms with Gasteiger partial charge in [-0.15, -0.1) is 0 Å². The second kappa shape index (κ2) is 5.86. The van der Waals surface area contributed by atoms with Crippen LogP contribution in [0.1, 0.15) is 43.0 Å². The standard InChI is InChI=1S/C15H22ClN3O/c1-10-13(16)17-14(12-5-6-12)18-15(10)19(2)7-8-20-9-11-3-4-11/h11-12H,3-9H2,1-2H3. The van der Waals surface area contributed by atoms with Crippen LogP contribution < -0.4 is 4.90 Å². The molecule has 0 aliphatic heterocycles. The number of likely N-dealkylation sites (N-methyl/N-ethyl adjacent to an activating group) is 1. The Morgan fingerprint density at radius 3 is 2.65 bits per heavy atom. The van der Waals surface area contributed by atoms with Gasteiger partial charge in [0, 0.05) is 31.7 Å². The Kier molecular flexibility index (Phi) is 4.13. The molecule has 0 atom stereocenters. The van der Waals surface area contributed by atoms with Gasteiger partial charge >= 0.3 is 0 Å². The molecule has 0 saturated heterocycles. The fourth-order valence-electron chi connectivity index (χ4n) is 2.23. The number of rotatable bonds is 7. The summed E-state index contributed by atoms with van der Waals surface area (Å²) in [5.41, 5.74) is 0.959. The highest BCUT2D eigenvalue weighted by Gasteiger charge is 2.28. The topological polar surface area (TPSA) is 38.2 Å². The Bertz CT molecular complexity index is 486. The molecule has 1 heterocycles. The van der Waals surface area contributed by atoms with E-state index in [2.05, 4.69) is 9.88 Å². The molecule has 0 bridgehead atoms. The monoisotopic (exact) mass is 295 g/mol. The number of halogens is 1. The van der Waals surface area contributed by atoms with E-state index in [4.69, 9.17) is 21.3 Å². The average Bonchev–Trinajstić information content (AvgIpc) is 3.28. The quantitative estimate of drug-likeness (QED) is 0.572. The molecular formula is C15H22ClN3O. The molecule has 3 rings (SSSR count). The smallest absolute Gasteiger partial charge is 0.137 e. The lowest BCUT2D eigenvalue weighted by molar-refractivity contribution is 0.130. The number of nitrogens with zero attached hydrogens (tertiary/aromatic N) is 3. The van der Waals surface area contributed by atoms with Crippen LogP contribution in [0.15, 0.2) is 0 Å². The minimum Gasteiger partial charge on any atom is -0.379 e. The number of ether oxygens (including phenoxy) is 1. The van der Waals surface area contributed by atoms with Gasteiger partial charge in [0.15, 0.2) is 0 Å². The fourth-order valence-corrected chi connectivity index (χ4v) is 2.40. The van der Waals surface area contributed by atoms with Crippen molar-refractivity contribution in [2.24, 2.45) is 5.92 Å². The van der Waals surface area contributed by atoms with Crippen LogP contribution in [0.2, 0.25) is 5.15 Å². The van der Waals surface area contributed by atoms with Crippen LogP contribution in [0, 0.1) is 12.8 Å². The minimum absolute atomic E-state index is 0.520. The third kappa shape index (κ3) is 3.41. The van der Waals surface area contributed by atoms with E-state index in [1.54, 1.807) is 0 Å². The van der Waals surface area contributed by atoms with Gasteiger partial charge in [-0.2, -0.15) is 0 Å². The lowest BCUT2D eigenvalue weighted by atomic mass is 10.3. The van der Waals surface area contributed by atoms with Gasteiger partial charge in [0.25, 0.3) is 0 Å². The van der Waals surface area contributed by atoms with Crippen LogP contribution in [-0.2, 0) is 4.74 Å². The SMILES string of the molecule is Cc1c(Cl)nc(C2CC2)nc1N(C)CCOCC1CC1. The summed E-state index contributed by atoms with van der Waals surface area (Å²) in [6.45, 7) is 4.47. The predicted molar refractivity (Wildman–Crippen MR) is 80.6 cm³/mol. The predicted octanol–water partition coefficient (Wildman–Crippen LogP) is 3.18. The summed E-state index contributed by atoms with van der Waals surface area (Å²) in [7, 11) is 2.04. The van der Waals surface area contributed by atoms with E-state index in [9.17, 15) is 0 Å². The molecule has 2 saturated carbocycles. The molecule has 2 aliphatic carbocycles. The Hall–Kier alpha value is -0.870. The largest absolute Gasteiger partial charge is 0.379 e. The van der Waals surface area contributed by atoms with Crippen LogP contribution in [0.4, 0.5) is 5.82 Å². The molecule has 0 radical (unpaired) electrons. The van der Waals surface area contributed by atoms with E-state index in [0.29, 0.717) is 11.1 Å². The van der Waals surface area contributed by atoms with Crippen LogP contribution >= 0.6 is 11.6 Å². The van der Waals surface area contributed by atoms with E-state index >= 15 is 0 Å². The second-order valence-corrected chi connectivity index (χ2v) is 6.39. The lowest BCUT2D eigenvalue weighted by Gasteiger charge is -2.21. The molecule has 20 heavy (non-hydrogen) atoms. The van der Waals surface area contributed by atoms with Crippen molar-refractivity contribution in [3.05, 3.63) is 16.5 Å². The Balaban J connectivity index is 1.61. The first-order chi connectivity index (χ1) is 9.65. The van der Waals surface area contributed by atoms with Crippen molar-refractivity contribution in [3.63, 3.8) is 0 Å². The van der Waals surface area contributed by atoms with E-state index in [-0.39, 0.29) is 0 Å². The molecule has 2 fully saturated rings. The maximum Gasteiger partial charge on any atom is 0.137 e. The van der Waals surface area contributed by atoms with Crippen molar-refractivity contribution in [1.82, 2.24) is 9.97 Å². The summed E-state index contributed by atoms with van der Waals surface area (Å²) in [5.74, 6) is 3.19. The summed E-state index contributed by atoms with van der Waals surface area (Å²) in [6, 6.07) is 0. The summed E-state index contributed by atoms with van der Waals surface area (Å²) in [4.78, 5) is 11.2. The highest BCUT2D eigenvalue weighted by molar-refractivity contribution is 6.30. The first-order valence-corrected chi connectivity index (χ1v) is 7.86. The van der Waals surface area contributed by atoms with E-state index < -0.39 is 0 Å². The number of aromatic nitrogens is 2. The summed E-state index contributed by atoms with van der Waals surface area (Å²) >= 11 is 6.24. The molecule has 0 N–H and O–H groups in total. The van der Waals surface area contributed by atoms with Crippen molar-refractivity contribution >= 4 is 17.4 Å². The Labute approximate surface area is 125 Å². The molecule has 0 amide bonds. The van der Waals surface area contributed by atoms with Crippen molar-refractivity contribution in [2.75, 3.05) is 31.7 Å². The normalized spacial score (nSPS) is 18.4. The summed E-state index contributed by atoms with van der Waals surface area (Å²) < 4.78 is 5.69. The molecule has 4 nitrogen and oxygen atoms in total. The highest BCUT2D eigenvalue weighted by Crippen LogP contribution is 2.39. The molecule has 1 aromatic rings. The molecule has 1 aromatic heterocycles. The molecule has 5 heteroatoms. The zero-order valence-electron chi connectivity index (χ0n) is 12.2. The Morgan fingerprint density at radius 1 is 1.25 bits per heavy atom. The van der Waals surface area contributed by atoms with E-state index in [1.165, 1.54) is 25.7 Å². The van der Waals surface area contributed by atoms with Gasteiger partial charge in [0.1, 0.15) is 16.8 Å². The zero-order chi connectivity index (χ0) is 14.1. The van der Waals surface area contributed by atoms with Crippen molar-refractivity contribution in [3.8, 4) is 0 Å². The van der Waals surface area contributed by atoms with Gasteiger partial charge in [0.2, 0.25) is 0 Å².